The largest absolute Gasteiger partial charge is 0.469 e. The number of hydrogen-bond donors (Lipinski definition) is 0. The Morgan fingerprint density at radius 2 is 1.63 bits per heavy atom. The Morgan fingerprint density at radius 3 is 2.11 bits per heavy atom. The van der Waals surface area contributed by atoms with E-state index in [1.54, 1.807) is 0 Å². The number of methoxy groups -OCH3 is 1. The quantitative estimate of drug-likeness (QED) is 0.570. The number of ether oxygens (including phenoxy) is 3. The Kier molecular flexibility index (Phi) is 4.45. The second kappa shape index (κ2) is 5.90. The summed E-state index contributed by atoms with van der Waals surface area (Å²) in [5.41, 5.74) is 0. The fourth-order valence-corrected chi connectivity index (χ4v) is 2.71. The average molecular weight is 270 g/mol. The van der Waals surface area contributed by atoms with Crippen molar-refractivity contribution in [3.05, 3.63) is 0 Å². The molecule has 2 rings (SSSR count). The lowest BCUT2D eigenvalue weighted by molar-refractivity contribution is -0.163. The maximum atomic E-state index is 12.1. The highest BCUT2D eigenvalue weighted by molar-refractivity contribution is 5.82. The summed E-state index contributed by atoms with van der Waals surface area (Å²) in [6, 6.07) is 0. The van der Waals surface area contributed by atoms with E-state index < -0.39 is 0 Å². The Labute approximate surface area is 113 Å². The van der Waals surface area contributed by atoms with E-state index in [4.69, 9.17) is 14.2 Å². The molecule has 5 unspecified atom stereocenters. The van der Waals surface area contributed by atoms with Gasteiger partial charge in [-0.3, -0.25) is 9.59 Å². The average Bonchev–Trinajstić information content (AvgIpc) is 3.21. The van der Waals surface area contributed by atoms with Gasteiger partial charge in [-0.1, -0.05) is 13.8 Å². The smallest absolute Gasteiger partial charge is 0.309 e. The van der Waals surface area contributed by atoms with Crippen LogP contribution >= 0.6 is 0 Å². The third-order valence-electron chi connectivity index (χ3n) is 4.33. The molecule has 0 amide bonds. The van der Waals surface area contributed by atoms with Gasteiger partial charge in [-0.05, 0) is 24.7 Å². The van der Waals surface area contributed by atoms with Gasteiger partial charge in [0, 0.05) is 0 Å². The lowest BCUT2D eigenvalue weighted by atomic mass is 9.69. The Bertz CT molecular complexity index is 350. The van der Waals surface area contributed by atoms with Crippen LogP contribution in [0.5, 0.6) is 0 Å². The summed E-state index contributed by atoms with van der Waals surface area (Å²) in [4.78, 5) is 24.0. The second-order valence-corrected chi connectivity index (χ2v) is 5.75. The van der Waals surface area contributed by atoms with E-state index in [0.29, 0.717) is 37.9 Å². The molecule has 108 valence electrons. The van der Waals surface area contributed by atoms with E-state index in [2.05, 4.69) is 13.8 Å². The fourth-order valence-electron chi connectivity index (χ4n) is 2.71. The van der Waals surface area contributed by atoms with Crippen molar-refractivity contribution in [1.29, 1.82) is 0 Å². The first-order chi connectivity index (χ1) is 9.02. The topological polar surface area (TPSA) is 65.1 Å². The molecule has 1 heterocycles. The first-order valence-electron chi connectivity index (χ1n) is 6.89. The lowest BCUT2D eigenvalue weighted by Crippen LogP contribution is -2.40. The van der Waals surface area contributed by atoms with Gasteiger partial charge in [0.1, 0.15) is 12.7 Å². The van der Waals surface area contributed by atoms with E-state index in [-0.39, 0.29) is 29.9 Å². The summed E-state index contributed by atoms with van der Waals surface area (Å²) in [5.74, 6) is -0.509. The van der Waals surface area contributed by atoms with Crippen LogP contribution in [-0.4, -0.2) is 38.4 Å². The van der Waals surface area contributed by atoms with Crippen molar-refractivity contribution in [1.82, 2.24) is 0 Å². The van der Waals surface area contributed by atoms with E-state index in [9.17, 15) is 9.59 Å². The van der Waals surface area contributed by atoms with Gasteiger partial charge in [-0.25, -0.2) is 0 Å². The molecule has 0 aromatic rings. The molecule has 5 nitrogen and oxygen atoms in total. The highest BCUT2D eigenvalue weighted by Gasteiger charge is 2.42. The zero-order chi connectivity index (χ0) is 14.0. The van der Waals surface area contributed by atoms with Crippen LogP contribution in [0.4, 0.5) is 0 Å². The molecule has 1 aliphatic carbocycles. The Morgan fingerprint density at radius 1 is 1.11 bits per heavy atom. The number of rotatable bonds is 4. The van der Waals surface area contributed by atoms with Gasteiger partial charge in [-0.2, -0.15) is 0 Å². The summed E-state index contributed by atoms with van der Waals surface area (Å²) in [7, 11) is 1.37. The normalized spacial score (nSPS) is 37.5. The molecule has 1 aliphatic heterocycles. The maximum absolute atomic E-state index is 12.1. The minimum absolute atomic E-state index is 0.0560. The molecule has 5 heteroatoms. The van der Waals surface area contributed by atoms with Gasteiger partial charge >= 0.3 is 11.9 Å². The summed E-state index contributed by atoms with van der Waals surface area (Å²) >= 11 is 0. The van der Waals surface area contributed by atoms with Gasteiger partial charge in [0.2, 0.25) is 0 Å². The zero-order valence-corrected chi connectivity index (χ0v) is 11.8. The Hall–Kier alpha value is -1.10. The van der Waals surface area contributed by atoms with Crippen LogP contribution in [0, 0.1) is 23.7 Å². The first kappa shape index (κ1) is 14.3. The molecule has 0 aromatic carbocycles. The summed E-state index contributed by atoms with van der Waals surface area (Å²) in [6.07, 6.45) is 1.43. The standard InChI is InChI=1S/C14H22O5/c1-8-4-11(13(15)17-3)12(5-9(8)2)14(16)19-7-10-6-18-10/h8-12H,4-7H2,1-3H3. The number of hydrogen-bond acceptors (Lipinski definition) is 5. The lowest BCUT2D eigenvalue weighted by Gasteiger charge is -2.35. The third kappa shape index (κ3) is 3.47. The minimum atomic E-state index is -0.377. The highest BCUT2D eigenvalue weighted by atomic mass is 16.6. The third-order valence-corrected chi connectivity index (χ3v) is 4.33. The SMILES string of the molecule is COC(=O)C1CC(C)C(C)CC1C(=O)OCC1CO1. The molecule has 19 heavy (non-hydrogen) atoms. The molecule has 5 atom stereocenters. The van der Waals surface area contributed by atoms with Gasteiger partial charge in [-0.15, -0.1) is 0 Å². The maximum Gasteiger partial charge on any atom is 0.309 e. The number of carbonyl (C=O) groups is 2. The Balaban J connectivity index is 1.99. The van der Waals surface area contributed by atoms with Crippen molar-refractivity contribution < 1.29 is 23.8 Å². The molecule has 0 N–H and O–H groups in total. The molecule has 0 spiro atoms. The van der Waals surface area contributed by atoms with Crippen LogP contribution in [0.2, 0.25) is 0 Å². The molecule has 0 aromatic heterocycles. The fraction of sp³-hybridized carbons (Fsp3) is 0.857. The van der Waals surface area contributed by atoms with Crippen LogP contribution in [0.1, 0.15) is 26.7 Å². The van der Waals surface area contributed by atoms with Gasteiger partial charge in [0.15, 0.2) is 0 Å². The molecule has 1 saturated carbocycles. The van der Waals surface area contributed by atoms with Crippen molar-refractivity contribution in [3.8, 4) is 0 Å². The molecule has 1 saturated heterocycles. The second-order valence-electron chi connectivity index (χ2n) is 5.75. The summed E-state index contributed by atoms with van der Waals surface area (Å²) in [6.45, 7) is 5.18. The predicted octanol–water partition coefficient (Wildman–Crippen LogP) is 1.40. The zero-order valence-electron chi connectivity index (χ0n) is 11.8. The van der Waals surface area contributed by atoms with Crippen molar-refractivity contribution in [3.63, 3.8) is 0 Å². The highest BCUT2D eigenvalue weighted by Crippen LogP contribution is 2.39. The molecular weight excluding hydrogens is 248 g/mol. The van der Waals surface area contributed by atoms with Crippen LogP contribution in [-0.2, 0) is 23.8 Å². The van der Waals surface area contributed by atoms with Crippen LogP contribution in [0.3, 0.4) is 0 Å². The summed E-state index contributed by atoms with van der Waals surface area (Å²) in [5, 5.41) is 0. The summed E-state index contributed by atoms with van der Waals surface area (Å²) < 4.78 is 15.1. The van der Waals surface area contributed by atoms with Crippen LogP contribution in [0.15, 0.2) is 0 Å². The van der Waals surface area contributed by atoms with E-state index in [0.717, 1.165) is 0 Å². The van der Waals surface area contributed by atoms with Crippen LogP contribution < -0.4 is 0 Å². The molecule has 0 radical (unpaired) electrons. The number of esters is 2. The van der Waals surface area contributed by atoms with E-state index >= 15 is 0 Å². The van der Waals surface area contributed by atoms with E-state index in [1.807, 2.05) is 0 Å². The monoisotopic (exact) mass is 270 g/mol. The number of epoxide rings is 1. The van der Waals surface area contributed by atoms with Gasteiger partial charge in [0.05, 0.1) is 25.6 Å². The van der Waals surface area contributed by atoms with E-state index in [1.165, 1.54) is 7.11 Å². The first-order valence-corrected chi connectivity index (χ1v) is 6.89. The number of carbonyl (C=O) groups excluding carboxylic acids is 2. The predicted molar refractivity (Wildman–Crippen MR) is 67.3 cm³/mol. The van der Waals surface area contributed by atoms with Crippen molar-refractivity contribution >= 4 is 11.9 Å². The van der Waals surface area contributed by atoms with Crippen LogP contribution in [0.25, 0.3) is 0 Å². The minimum Gasteiger partial charge on any atom is -0.469 e. The molecular formula is C14H22O5. The van der Waals surface area contributed by atoms with Gasteiger partial charge in [0.25, 0.3) is 0 Å². The molecule has 0 bridgehead atoms. The molecule has 2 aliphatic rings. The van der Waals surface area contributed by atoms with Crippen molar-refractivity contribution in [2.24, 2.45) is 23.7 Å². The van der Waals surface area contributed by atoms with Gasteiger partial charge < -0.3 is 14.2 Å². The molecule has 2 fully saturated rings. The van der Waals surface area contributed by atoms with Crippen molar-refractivity contribution in [2.45, 2.75) is 32.8 Å². The van der Waals surface area contributed by atoms with Crippen molar-refractivity contribution in [2.75, 3.05) is 20.3 Å².